The standard InChI is InChI=1S/C21H23FN8S/c1-10-8-31-20(26-10)21(9-23)13-6-30(7-14(13)21)15-5-25-18-17(28-29-19(18)27-15)12-3-4-24-11(2)16(12)22/h3-5,8,11,13-14,24H,6-7,9,23H2,1-2H3,(H,27,28,29)/t11?,13-,14+,21?. The maximum atomic E-state index is 14.6. The number of hydrogen-bond donors (Lipinski definition) is 3. The molecule has 4 atom stereocenters. The van der Waals surface area contributed by atoms with Crippen LogP contribution in [0.1, 0.15) is 23.3 Å². The number of rotatable bonds is 4. The fraction of sp³-hybridized carbons (Fsp3) is 0.429. The second-order valence-corrected chi connectivity index (χ2v) is 9.50. The molecule has 2 aliphatic heterocycles. The summed E-state index contributed by atoms with van der Waals surface area (Å²) in [6, 6.07) is -0.389. The van der Waals surface area contributed by atoms with Crippen molar-refractivity contribution in [1.82, 2.24) is 30.5 Å². The van der Waals surface area contributed by atoms with Crippen molar-refractivity contribution < 1.29 is 4.39 Å². The third-order valence-electron chi connectivity index (χ3n) is 6.96. The van der Waals surface area contributed by atoms with E-state index in [0.29, 0.717) is 40.8 Å². The molecule has 3 aromatic rings. The molecule has 2 unspecified atom stereocenters. The molecule has 0 spiro atoms. The smallest absolute Gasteiger partial charge is 0.177 e. The maximum Gasteiger partial charge on any atom is 0.177 e. The average molecular weight is 439 g/mol. The number of halogens is 1. The number of anilines is 1. The van der Waals surface area contributed by atoms with Crippen LogP contribution >= 0.6 is 11.3 Å². The monoisotopic (exact) mass is 438 g/mol. The average Bonchev–Trinajstić information content (AvgIpc) is 3.26. The number of nitrogens with zero attached hydrogens (tertiary/aromatic N) is 5. The molecule has 0 bridgehead atoms. The molecule has 3 aromatic heterocycles. The van der Waals surface area contributed by atoms with Gasteiger partial charge in [0, 0.05) is 41.7 Å². The molecule has 5 heterocycles. The normalized spacial score (nSPS) is 29.5. The number of hydrogen-bond acceptors (Lipinski definition) is 8. The topological polar surface area (TPSA) is 109 Å². The molecule has 1 saturated heterocycles. The van der Waals surface area contributed by atoms with Crippen LogP contribution in [0.4, 0.5) is 10.2 Å². The van der Waals surface area contributed by atoms with Crippen LogP contribution in [-0.4, -0.2) is 50.8 Å². The first-order valence-corrected chi connectivity index (χ1v) is 11.3. The highest BCUT2D eigenvalue weighted by Gasteiger charge is 2.69. The second-order valence-electron chi connectivity index (χ2n) is 8.64. The molecule has 0 amide bonds. The predicted octanol–water partition coefficient (Wildman–Crippen LogP) is 2.27. The molecule has 3 aliphatic rings. The molecule has 160 valence electrons. The number of fused-ring (bicyclic) bond motifs is 2. The van der Waals surface area contributed by atoms with Crippen LogP contribution in [0.3, 0.4) is 0 Å². The summed E-state index contributed by atoms with van der Waals surface area (Å²) in [6.07, 6.45) is 5.17. The number of aryl methyl sites for hydroxylation is 1. The fourth-order valence-corrected chi connectivity index (χ4v) is 6.32. The summed E-state index contributed by atoms with van der Waals surface area (Å²) in [6.45, 7) is 6.19. The summed E-state index contributed by atoms with van der Waals surface area (Å²) in [7, 11) is 0. The third-order valence-corrected chi connectivity index (χ3v) is 8.11. The van der Waals surface area contributed by atoms with Crippen molar-refractivity contribution in [2.45, 2.75) is 25.3 Å². The van der Waals surface area contributed by atoms with Crippen LogP contribution in [0, 0.1) is 18.8 Å². The van der Waals surface area contributed by atoms with E-state index in [0.717, 1.165) is 24.6 Å². The number of aromatic amines is 1. The van der Waals surface area contributed by atoms with E-state index in [4.69, 9.17) is 15.7 Å². The highest BCUT2D eigenvalue weighted by atomic mass is 32.1. The number of thiazole rings is 1. The Morgan fingerprint density at radius 2 is 2.13 bits per heavy atom. The van der Waals surface area contributed by atoms with Crippen LogP contribution in [0.25, 0.3) is 16.7 Å². The first-order chi connectivity index (χ1) is 15.0. The fourth-order valence-electron chi connectivity index (χ4n) is 5.18. The van der Waals surface area contributed by atoms with Gasteiger partial charge in [0.25, 0.3) is 0 Å². The number of allylic oxidation sites excluding steroid dienone is 2. The molecule has 1 aliphatic carbocycles. The van der Waals surface area contributed by atoms with E-state index >= 15 is 0 Å². The summed E-state index contributed by atoms with van der Waals surface area (Å²) >= 11 is 1.72. The Morgan fingerprint density at radius 1 is 1.32 bits per heavy atom. The minimum absolute atomic E-state index is 0.0101. The Bertz CT molecular complexity index is 1230. The highest BCUT2D eigenvalue weighted by Crippen LogP contribution is 2.63. The molecule has 8 nitrogen and oxygen atoms in total. The lowest BCUT2D eigenvalue weighted by atomic mass is 10.0. The van der Waals surface area contributed by atoms with E-state index in [-0.39, 0.29) is 17.3 Å². The lowest BCUT2D eigenvalue weighted by Crippen LogP contribution is -2.35. The number of nitrogens with one attached hydrogen (secondary N) is 2. The molecule has 6 rings (SSSR count). The van der Waals surface area contributed by atoms with Gasteiger partial charge < -0.3 is 16.0 Å². The van der Waals surface area contributed by atoms with Gasteiger partial charge in [0.2, 0.25) is 0 Å². The largest absolute Gasteiger partial charge is 0.382 e. The van der Waals surface area contributed by atoms with Crippen molar-refractivity contribution in [3.8, 4) is 0 Å². The van der Waals surface area contributed by atoms with Crippen LogP contribution in [0.15, 0.2) is 29.7 Å². The second kappa shape index (κ2) is 6.57. The minimum Gasteiger partial charge on any atom is -0.382 e. The van der Waals surface area contributed by atoms with Crippen LogP contribution in [0.5, 0.6) is 0 Å². The Kier molecular flexibility index (Phi) is 4.00. The number of dihydropyridines is 1. The van der Waals surface area contributed by atoms with Gasteiger partial charge in [0.15, 0.2) is 5.65 Å². The maximum absolute atomic E-state index is 14.6. The molecule has 31 heavy (non-hydrogen) atoms. The Hall–Kier alpha value is -2.85. The third kappa shape index (κ3) is 2.61. The molecule has 10 heteroatoms. The van der Waals surface area contributed by atoms with Crippen molar-refractivity contribution in [3.05, 3.63) is 46.1 Å². The number of H-pyrrole nitrogens is 1. The van der Waals surface area contributed by atoms with Gasteiger partial charge in [-0.1, -0.05) is 0 Å². The SMILES string of the molecule is Cc1csc(C2(CN)[C@@H]3CN(c4cnc5c(C6=C(F)C(C)NC=C6)n[nH]c5n4)C[C@@H]32)n1. The van der Waals surface area contributed by atoms with Crippen molar-refractivity contribution in [2.24, 2.45) is 17.6 Å². The van der Waals surface area contributed by atoms with E-state index in [1.54, 1.807) is 36.7 Å². The van der Waals surface area contributed by atoms with Crippen molar-refractivity contribution in [3.63, 3.8) is 0 Å². The van der Waals surface area contributed by atoms with E-state index in [1.165, 1.54) is 5.01 Å². The summed E-state index contributed by atoms with van der Waals surface area (Å²) in [4.78, 5) is 16.3. The van der Waals surface area contributed by atoms with Gasteiger partial charge in [0.05, 0.1) is 12.2 Å². The van der Waals surface area contributed by atoms with E-state index in [1.807, 2.05) is 6.92 Å². The molecule has 0 radical (unpaired) electrons. The van der Waals surface area contributed by atoms with E-state index in [9.17, 15) is 4.39 Å². The summed E-state index contributed by atoms with van der Waals surface area (Å²) in [5.74, 6) is 1.52. The Morgan fingerprint density at radius 3 is 2.84 bits per heavy atom. The van der Waals surface area contributed by atoms with Gasteiger partial charge in [-0.3, -0.25) is 5.10 Å². The van der Waals surface area contributed by atoms with Gasteiger partial charge in [-0.15, -0.1) is 11.3 Å². The minimum atomic E-state index is -0.389. The highest BCUT2D eigenvalue weighted by molar-refractivity contribution is 7.09. The molecule has 4 N–H and O–H groups in total. The molecular weight excluding hydrogens is 415 g/mol. The van der Waals surface area contributed by atoms with Crippen LogP contribution in [0.2, 0.25) is 0 Å². The lowest BCUT2D eigenvalue weighted by Gasteiger charge is -2.25. The van der Waals surface area contributed by atoms with Crippen molar-refractivity contribution >= 4 is 33.9 Å². The first-order valence-electron chi connectivity index (χ1n) is 10.4. The first kappa shape index (κ1) is 18.9. The van der Waals surface area contributed by atoms with Gasteiger partial charge in [0.1, 0.15) is 27.9 Å². The van der Waals surface area contributed by atoms with Crippen molar-refractivity contribution in [1.29, 1.82) is 0 Å². The molecule has 1 saturated carbocycles. The van der Waals surface area contributed by atoms with Crippen LogP contribution < -0.4 is 16.0 Å². The van der Waals surface area contributed by atoms with Gasteiger partial charge >= 0.3 is 0 Å². The Labute approximate surface area is 182 Å². The molecule has 0 aromatic carbocycles. The zero-order valence-corrected chi connectivity index (χ0v) is 18.1. The number of piperidine rings is 1. The summed E-state index contributed by atoms with van der Waals surface area (Å²) in [5.41, 5.74) is 9.35. The quantitative estimate of drug-likeness (QED) is 0.573. The Balaban J connectivity index is 1.26. The zero-order valence-electron chi connectivity index (χ0n) is 17.3. The molecule has 2 fully saturated rings. The zero-order chi connectivity index (χ0) is 21.3. The summed E-state index contributed by atoms with van der Waals surface area (Å²) in [5, 5.41) is 13.4. The van der Waals surface area contributed by atoms with E-state index in [2.05, 4.69) is 30.8 Å². The van der Waals surface area contributed by atoms with E-state index < -0.39 is 0 Å². The van der Waals surface area contributed by atoms with Gasteiger partial charge in [-0.25, -0.2) is 19.3 Å². The van der Waals surface area contributed by atoms with Crippen LogP contribution in [-0.2, 0) is 5.41 Å². The van der Waals surface area contributed by atoms with Gasteiger partial charge in [-0.05, 0) is 38.0 Å². The number of aromatic nitrogens is 5. The summed E-state index contributed by atoms with van der Waals surface area (Å²) < 4.78 is 14.6. The lowest BCUT2D eigenvalue weighted by molar-refractivity contribution is 0.524. The van der Waals surface area contributed by atoms with Gasteiger partial charge in [-0.2, -0.15) is 5.10 Å². The number of nitrogens with two attached hydrogens (primary N) is 1. The van der Waals surface area contributed by atoms with Crippen molar-refractivity contribution in [2.75, 3.05) is 24.5 Å². The predicted molar refractivity (Wildman–Crippen MR) is 118 cm³/mol. The molecular formula is C21H23FN8S.